The van der Waals surface area contributed by atoms with Crippen LogP contribution < -0.4 is 4.74 Å². The van der Waals surface area contributed by atoms with Crippen LogP contribution in [0.1, 0.15) is 17.2 Å². The van der Waals surface area contributed by atoms with E-state index in [1.807, 2.05) is 36.4 Å². The zero-order valence-electron chi connectivity index (χ0n) is 27.1. The van der Waals surface area contributed by atoms with E-state index in [9.17, 15) is 0 Å². The van der Waals surface area contributed by atoms with Crippen LogP contribution in [0.5, 0.6) is 5.75 Å². The second kappa shape index (κ2) is 11.6. The van der Waals surface area contributed by atoms with Gasteiger partial charge in [-0.05, 0) is 58.7 Å². The van der Waals surface area contributed by atoms with E-state index in [1.54, 1.807) is 0 Å². The molecule has 2 aromatic heterocycles. The molecule has 0 saturated carbocycles. The van der Waals surface area contributed by atoms with Gasteiger partial charge in [0.05, 0.1) is 22.6 Å². The fourth-order valence-electron chi connectivity index (χ4n) is 7.69. The molecular weight excluding hydrogens is 611 g/mol. The smallest absolute Gasteiger partial charge is 0.168 e. The molecule has 0 saturated heterocycles. The average molecular weight is 642 g/mol. The first-order chi connectivity index (χ1) is 24.8. The lowest BCUT2D eigenvalue weighted by Gasteiger charge is -2.22. The van der Waals surface area contributed by atoms with Gasteiger partial charge in [0.25, 0.3) is 0 Å². The molecule has 0 bridgehead atoms. The highest BCUT2D eigenvalue weighted by Crippen LogP contribution is 2.51. The molecule has 2 atom stereocenters. The van der Waals surface area contributed by atoms with Crippen molar-refractivity contribution in [3.05, 3.63) is 187 Å². The Labute approximate surface area is 290 Å². The number of allylic oxidation sites excluding steroid dienone is 2. The molecule has 2 aliphatic rings. The van der Waals surface area contributed by atoms with Gasteiger partial charge in [-0.15, -0.1) is 0 Å². The Kier molecular flexibility index (Phi) is 6.59. The molecule has 0 radical (unpaired) electrons. The largest absolute Gasteiger partial charge is 0.481 e. The molecule has 0 spiro atoms. The van der Waals surface area contributed by atoms with Crippen molar-refractivity contribution in [1.82, 2.24) is 14.5 Å². The van der Waals surface area contributed by atoms with Gasteiger partial charge in [-0.2, -0.15) is 0 Å². The molecule has 1 aliphatic heterocycles. The van der Waals surface area contributed by atoms with E-state index in [1.165, 1.54) is 27.4 Å². The van der Waals surface area contributed by atoms with Gasteiger partial charge in [0, 0.05) is 27.6 Å². The topological polar surface area (TPSA) is 39.9 Å². The Morgan fingerprint density at radius 1 is 0.520 bits per heavy atom. The van der Waals surface area contributed by atoms with Gasteiger partial charge in [0.15, 0.2) is 11.6 Å². The first-order valence-corrected chi connectivity index (χ1v) is 17.1. The minimum Gasteiger partial charge on any atom is -0.481 e. The molecule has 0 amide bonds. The van der Waals surface area contributed by atoms with Crippen LogP contribution in [0, 0.1) is 0 Å². The predicted molar refractivity (Wildman–Crippen MR) is 203 cm³/mol. The minimum absolute atomic E-state index is 0.0675. The number of nitrogens with zero attached hydrogens (tertiary/aromatic N) is 3. The average Bonchev–Trinajstić information content (AvgIpc) is 3.74. The highest BCUT2D eigenvalue weighted by atomic mass is 16.5. The van der Waals surface area contributed by atoms with Gasteiger partial charge < -0.3 is 9.30 Å². The van der Waals surface area contributed by atoms with Crippen molar-refractivity contribution in [3.63, 3.8) is 0 Å². The number of ether oxygens (including phenoxy) is 1. The van der Waals surface area contributed by atoms with E-state index in [0.29, 0.717) is 5.82 Å². The molecule has 3 heterocycles. The number of rotatable bonds is 5. The third kappa shape index (κ3) is 4.61. The van der Waals surface area contributed by atoms with Crippen LogP contribution in [0.2, 0.25) is 0 Å². The van der Waals surface area contributed by atoms with Crippen molar-refractivity contribution < 1.29 is 4.74 Å². The normalized spacial score (nSPS) is 16.2. The Morgan fingerprint density at radius 3 is 1.86 bits per heavy atom. The summed E-state index contributed by atoms with van der Waals surface area (Å²) in [6.45, 7) is 0. The SMILES string of the molecule is C1=CC2Oc3c(-c4ccccc4)nc(-c4ccccc4)nc3C2C(c2cccc(-c3cccc(-n4c5ccccc5c5ccccc54)c3)c2)=C1. The molecule has 8 aromatic rings. The maximum absolute atomic E-state index is 6.73. The van der Waals surface area contributed by atoms with E-state index in [4.69, 9.17) is 14.7 Å². The van der Waals surface area contributed by atoms with E-state index in [0.717, 1.165) is 50.6 Å². The quantitative estimate of drug-likeness (QED) is 0.188. The van der Waals surface area contributed by atoms with Crippen LogP contribution in [-0.2, 0) is 0 Å². The molecule has 10 rings (SSSR count). The van der Waals surface area contributed by atoms with Crippen LogP contribution in [-0.4, -0.2) is 20.6 Å². The van der Waals surface area contributed by atoms with E-state index >= 15 is 0 Å². The summed E-state index contributed by atoms with van der Waals surface area (Å²) in [6, 6.07) is 55.6. The number of para-hydroxylation sites is 2. The van der Waals surface area contributed by atoms with Gasteiger partial charge in [0.1, 0.15) is 11.8 Å². The fourth-order valence-corrected chi connectivity index (χ4v) is 7.69. The molecule has 1 aliphatic carbocycles. The lowest BCUT2D eigenvalue weighted by atomic mass is 9.82. The molecule has 6 aromatic carbocycles. The van der Waals surface area contributed by atoms with Gasteiger partial charge in [0.2, 0.25) is 0 Å². The second-order valence-electron chi connectivity index (χ2n) is 12.9. The number of aromatic nitrogens is 3. The van der Waals surface area contributed by atoms with Crippen molar-refractivity contribution in [3.8, 4) is 45.2 Å². The summed E-state index contributed by atoms with van der Waals surface area (Å²) < 4.78 is 9.10. The van der Waals surface area contributed by atoms with E-state index < -0.39 is 0 Å². The van der Waals surface area contributed by atoms with Gasteiger partial charge in [-0.25, -0.2) is 9.97 Å². The molecule has 0 fully saturated rings. The van der Waals surface area contributed by atoms with Crippen molar-refractivity contribution >= 4 is 27.4 Å². The fraction of sp³-hybridized carbons (Fsp3) is 0.0435. The second-order valence-corrected chi connectivity index (χ2v) is 12.9. The lowest BCUT2D eigenvalue weighted by molar-refractivity contribution is 0.272. The Balaban J connectivity index is 1.08. The molecule has 2 unspecified atom stereocenters. The van der Waals surface area contributed by atoms with E-state index in [2.05, 4.69) is 144 Å². The zero-order valence-corrected chi connectivity index (χ0v) is 27.1. The first-order valence-electron chi connectivity index (χ1n) is 17.1. The highest BCUT2D eigenvalue weighted by Gasteiger charge is 2.41. The maximum Gasteiger partial charge on any atom is 0.168 e. The molecule has 4 nitrogen and oxygen atoms in total. The Hall–Kier alpha value is -6.52. The monoisotopic (exact) mass is 641 g/mol. The molecule has 50 heavy (non-hydrogen) atoms. The Bertz CT molecular complexity index is 2580. The van der Waals surface area contributed by atoms with Crippen LogP contribution in [0.3, 0.4) is 0 Å². The summed E-state index contributed by atoms with van der Waals surface area (Å²) in [4.78, 5) is 10.3. The summed E-state index contributed by atoms with van der Waals surface area (Å²) in [7, 11) is 0. The number of fused-ring (bicyclic) bond motifs is 6. The molecule has 0 N–H and O–H groups in total. The third-order valence-electron chi connectivity index (χ3n) is 9.97. The number of hydrogen-bond donors (Lipinski definition) is 0. The van der Waals surface area contributed by atoms with Crippen molar-refractivity contribution in [1.29, 1.82) is 0 Å². The minimum atomic E-state index is -0.171. The summed E-state index contributed by atoms with van der Waals surface area (Å²) in [5.74, 6) is 1.40. The summed E-state index contributed by atoms with van der Waals surface area (Å²) in [6.07, 6.45) is 6.31. The summed E-state index contributed by atoms with van der Waals surface area (Å²) in [5.41, 5.74) is 12.0. The van der Waals surface area contributed by atoms with Crippen molar-refractivity contribution in [2.24, 2.45) is 0 Å². The zero-order chi connectivity index (χ0) is 33.0. The molecular formula is C46H31N3O. The van der Waals surface area contributed by atoms with Gasteiger partial charge >= 0.3 is 0 Å². The molecule has 236 valence electrons. The standard InChI is InChI=1S/C46H31N3O/c1-3-14-30(15-4-1)43-45-44(48-46(47-43)31-16-5-2-6-17-31)42-36(24-13-27-41(42)50-45)34-20-11-18-32(28-34)33-19-12-21-35(29-33)49-39-25-9-7-22-37(39)38-23-8-10-26-40(38)49/h1-29,41-42H. The Morgan fingerprint density at radius 2 is 1.12 bits per heavy atom. The first kappa shape index (κ1) is 28.5. The number of hydrogen-bond acceptors (Lipinski definition) is 3. The van der Waals surface area contributed by atoms with Crippen LogP contribution in [0.15, 0.2) is 176 Å². The van der Waals surface area contributed by atoms with Crippen LogP contribution in [0.25, 0.3) is 66.8 Å². The van der Waals surface area contributed by atoms with Crippen LogP contribution in [0.4, 0.5) is 0 Å². The van der Waals surface area contributed by atoms with Gasteiger partial charge in [-0.1, -0.05) is 140 Å². The maximum atomic E-state index is 6.73. The third-order valence-corrected chi connectivity index (χ3v) is 9.97. The van der Waals surface area contributed by atoms with Crippen LogP contribution >= 0.6 is 0 Å². The number of benzene rings is 6. The predicted octanol–water partition coefficient (Wildman–Crippen LogP) is 11.1. The van der Waals surface area contributed by atoms with Gasteiger partial charge in [-0.3, -0.25) is 0 Å². The van der Waals surface area contributed by atoms with E-state index in [-0.39, 0.29) is 12.0 Å². The highest BCUT2D eigenvalue weighted by molar-refractivity contribution is 6.09. The lowest BCUT2D eigenvalue weighted by Crippen LogP contribution is -2.19. The molecule has 4 heteroatoms. The van der Waals surface area contributed by atoms with Crippen molar-refractivity contribution in [2.75, 3.05) is 0 Å². The summed E-state index contributed by atoms with van der Waals surface area (Å²) >= 11 is 0. The summed E-state index contributed by atoms with van der Waals surface area (Å²) in [5, 5.41) is 2.52. The van der Waals surface area contributed by atoms with Crippen molar-refractivity contribution in [2.45, 2.75) is 12.0 Å².